The van der Waals surface area contributed by atoms with Crippen molar-refractivity contribution in [2.75, 3.05) is 0 Å². The number of hydrogen-bond acceptors (Lipinski definition) is 2. The fourth-order valence-corrected chi connectivity index (χ4v) is 2.09. The zero-order valence-electron chi connectivity index (χ0n) is 10.7. The molecule has 2 aromatic rings. The highest BCUT2D eigenvalue weighted by Crippen LogP contribution is 2.24. The molecule has 106 valence electrons. The Labute approximate surface area is 124 Å². The van der Waals surface area contributed by atoms with Crippen LogP contribution in [0.3, 0.4) is 0 Å². The number of hydrogen-bond donors (Lipinski definition) is 1. The van der Waals surface area contributed by atoms with Crippen LogP contribution >= 0.6 is 15.9 Å². The Kier molecular flexibility index (Phi) is 4.73. The van der Waals surface area contributed by atoms with E-state index in [0.29, 0.717) is 11.3 Å². The van der Waals surface area contributed by atoms with Gasteiger partial charge in [0.15, 0.2) is 0 Å². The lowest BCUT2D eigenvalue weighted by Crippen LogP contribution is -2.03. The van der Waals surface area contributed by atoms with Crippen molar-refractivity contribution in [2.45, 2.75) is 19.6 Å². The minimum Gasteiger partial charge on any atom is -0.489 e. The van der Waals surface area contributed by atoms with Gasteiger partial charge in [0.2, 0.25) is 0 Å². The monoisotopic (exact) mass is 342 g/mol. The summed E-state index contributed by atoms with van der Waals surface area (Å²) >= 11 is 3.01. The maximum absolute atomic E-state index is 13.8. The summed E-state index contributed by atoms with van der Waals surface area (Å²) in [4.78, 5) is 0. The van der Waals surface area contributed by atoms with Crippen LogP contribution in [0.15, 0.2) is 40.9 Å². The minimum absolute atomic E-state index is 0.137. The van der Waals surface area contributed by atoms with E-state index in [4.69, 9.17) is 4.74 Å². The molecular weight excluding hydrogens is 330 g/mol. The maximum Gasteiger partial charge on any atom is 0.146 e. The van der Waals surface area contributed by atoms with Crippen LogP contribution in [0.1, 0.15) is 24.2 Å². The van der Waals surface area contributed by atoms with Crippen molar-refractivity contribution in [1.82, 2.24) is 0 Å². The van der Waals surface area contributed by atoms with Gasteiger partial charge in [-0.05, 0) is 52.7 Å². The van der Waals surface area contributed by atoms with Gasteiger partial charge in [-0.25, -0.2) is 8.78 Å². The molecule has 0 radical (unpaired) electrons. The molecule has 0 saturated heterocycles. The molecule has 20 heavy (non-hydrogen) atoms. The van der Waals surface area contributed by atoms with Crippen molar-refractivity contribution in [3.8, 4) is 5.75 Å². The van der Waals surface area contributed by atoms with Crippen LogP contribution in [-0.4, -0.2) is 5.11 Å². The quantitative estimate of drug-likeness (QED) is 0.836. The number of aliphatic hydroxyl groups is 1. The zero-order chi connectivity index (χ0) is 14.7. The van der Waals surface area contributed by atoms with E-state index in [2.05, 4.69) is 15.9 Å². The first-order chi connectivity index (χ1) is 9.49. The third-order valence-corrected chi connectivity index (χ3v) is 3.48. The lowest BCUT2D eigenvalue weighted by Gasteiger charge is -2.11. The van der Waals surface area contributed by atoms with Crippen LogP contribution < -0.4 is 4.74 Å². The minimum atomic E-state index is -0.670. The van der Waals surface area contributed by atoms with Gasteiger partial charge in [0, 0.05) is 0 Å². The van der Waals surface area contributed by atoms with Crippen molar-refractivity contribution in [3.05, 3.63) is 63.6 Å². The van der Waals surface area contributed by atoms with Crippen LogP contribution in [0.4, 0.5) is 8.78 Å². The molecule has 0 spiro atoms. The summed E-state index contributed by atoms with van der Waals surface area (Å²) in [6, 6.07) is 9.25. The molecule has 0 amide bonds. The number of ether oxygens (including phenoxy) is 1. The summed E-state index contributed by atoms with van der Waals surface area (Å²) in [5.41, 5.74) is 0.541. The summed E-state index contributed by atoms with van der Waals surface area (Å²) < 4.78 is 32.9. The van der Waals surface area contributed by atoms with E-state index in [1.54, 1.807) is 31.2 Å². The molecule has 2 aromatic carbocycles. The van der Waals surface area contributed by atoms with Gasteiger partial charge in [-0.2, -0.15) is 0 Å². The summed E-state index contributed by atoms with van der Waals surface area (Å²) in [5, 5.41) is 9.48. The highest BCUT2D eigenvalue weighted by molar-refractivity contribution is 9.10. The predicted octanol–water partition coefficient (Wildman–Crippen LogP) is 4.36. The molecular formula is C15H13BrF2O2. The van der Waals surface area contributed by atoms with Crippen molar-refractivity contribution in [2.24, 2.45) is 0 Å². The van der Waals surface area contributed by atoms with Crippen LogP contribution in [0.25, 0.3) is 0 Å². The number of aliphatic hydroxyl groups excluding tert-OH is 1. The molecule has 5 heteroatoms. The second-order valence-electron chi connectivity index (χ2n) is 4.36. The molecule has 0 fully saturated rings. The van der Waals surface area contributed by atoms with E-state index in [-0.39, 0.29) is 16.6 Å². The van der Waals surface area contributed by atoms with E-state index in [9.17, 15) is 13.9 Å². The van der Waals surface area contributed by atoms with Gasteiger partial charge in [0.05, 0.1) is 16.1 Å². The first-order valence-corrected chi connectivity index (χ1v) is 6.81. The molecule has 0 saturated carbocycles. The molecule has 0 aliphatic heterocycles. The second-order valence-corrected chi connectivity index (χ2v) is 5.21. The Bertz CT molecular complexity index is 615. The third-order valence-electron chi connectivity index (χ3n) is 2.86. The fourth-order valence-electron chi connectivity index (χ4n) is 1.72. The van der Waals surface area contributed by atoms with E-state index < -0.39 is 17.7 Å². The van der Waals surface area contributed by atoms with Gasteiger partial charge in [-0.15, -0.1) is 0 Å². The lowest BCUT2D eigenvalue weighted by atomic mass is 10.1. The summed E-state index contributed by atoms with van der Waals surface area (Å²) in [7, 11) is 0. The van der Waals surface area contributed by atoms with Gasteiger partial charge in [0.1, 0.15) is 24.0 Å². The molecule has 0 heterocycles. The number of halogens is 3. The summed E-state index contributed by atoms with van der Waals surface area (Å²) in [5.74, 6) is -0.878. The average molecular weight is 343 g/mol. The van der Waals surface area contributed by atoms with Crippen LogP contribution in [0, 0.1) is 11.6 Å². The molecule has 0 aromatic heterocycles. The molecule has 0 aliphatic rings. The van der Waals surface area contributed by atoms with E-state index in [1.807, 2.05) is 0 Å². The first-order valence-electron chi connectivity index (χ1n) is 6.02. The van der Waals surface area contributed by atoms with Crippen LogP contribution in [-0.2, 0) is 6.61 Å². The van der Waals surface area contributed by atoms with Crippen molar-refractivity contribution in [3.63, 3.8) is 0 Å². The largest absolute Gasteiger partial charge is 0.489 e. The third kappa shape index (κ3) is 3.35. The predicted molar refractivity (Wildman–Crippen MR) is 75.5 cm³/mol. The topological polar surface area (TPSA) is 29.5 Å². The number of benzene rings is 2. The van der Waals surface area contributed by atoms with E-state index in [0.717, 1.165) is 0 Å². The average Bonchev–Trinajstić information content (AvgIpc) is 2.43. The van der Waals surface area contributed by atoms with Crippen molar-refractivity contribution >= 4 is 15.9 Å². The van der Waals surface area contributed by atoms with Crippen LogP contribution in [0.5, 0.6) is 5.75 Å². The maximum atomic E-state index is 13.8. The molecule has 1 N–H and O–H groups in total. The smallest absolute Gasteiger partial charge is 0.146 e. The molecule has 1 unspecified atom stereocenters. The Morgan fingerprint density at radius 2 is 2.00 bits per heavy atom. The zero-order valence-corrected chi connectivity index (χ0v) is 12.3. The van der Waals surface area contributed by atoms with Crippen molar-refractivity contribution in [1.29, 1.82) is 0 Å². The molecule has 2 rings (SSSR count). The van der Waals surface area contributed by atoms with Gasteiger partial charge in [-0.3, -0.25) is 0 Å². The van der Waals surface area contributed by atoms with E-state index >= 15 is 0 Å². The lowest BCUT2D eigenvalue weighted by molar-refractivity contribution is 0.198. The highest BCUT2D eigenvalue weighted by atomic mass is 79.9. The number of rotatable bonds is 4. The first kappa shape index (κ1) is 14.9. The highest BCUT2D eigenvalue weighted by Gasteiger charge is 2.13. The van der Waals surface area contributed by atoms with Gasteiger partial charge < -0.3 is 9.84 Å². The van der Waals surface area contributed by atoms with Gasteiger partial charge in [0.25, 0.3) is 0 Å². The Balaban J connectivity index is 2.17. The normalized spacial score (nSPS) is 12.2. The van der Waals surface area contributed by atoms with Gasteiger partial charge >= 0.3 is 0 Å². The fraction of sp³-hybridized carbons (Fsp3) is 0.200. The summed E-state index contributed by atoms with van der Waals surface area (Å²) in [6.45, 7) is 1.41. The Morgan fingerprint density at radius 3 is 2.70 bits per heavy atom. The van der Waals surface area contributed by atoms with Crippen LogP contribution in [0.2, 0.25) is 0 Å². The Morgan fingerprint density at radius 1 is 1.25 bits per heavy atom. The second kappa shape index (κ2) is 6.33. The molecule has 1 atom stereocenters. The SMILES string of the molecule is CC(O)c1cccc(OCc2c(F)ccc(Br)c2F)c1. The van der Waals surface area contributed by atoms with E-state index in [1.165, 1.54) is 12.1 Å². The Hall–Kier alpha value is -1.46. The van der Waals surface area contributed by atoms with Crippen molar-refractivity contribution < 1.29 is 18.6 Å². The molecule has 0 aliphatic carbocycles. The summed E-state index contributed by atoms with van der Waals surface area (Å²) in [6.07, 6.45) is -0.627. The molecule has 2 nitrogen and oxygen atoms in total. The molecule has 0 bridgehead atoms. The standard InChI is InChI=1S/C15H13BrF2O2/c1-9(19)10-3-2-4-11(7-10)20-8-12-14(17)6-5-13(16)15(12)18/h2-7,9,19H,8H2,1H3. The van der Waals surface area contributed by atoms with Gasteiger partial charge in [-0.1, -0.05) is 12.1 Å².